The maximum absolute atomic E-state index is 7.24. The highest BCUT2D eigenvalue weighted by atomic mass is 16.5. The van der Waals surface area contributed by atoms with E-state index in [2.05, 4.69) is 247 Å². The second-order valence-electron chi connectivity index (χ2n) is 20.1. The van der Waals surface area contributed by atoms with Crippen LogP contribution in [0.4, 0.5) is 0 Å². The minimum atomic E-state index is -0.0939. The first-order chi connectivity index (χ1) is 33.9. The summed E-state index contributed by atoms with van der Waals surface area (Å²) in [5.41, 5.74) is 20.2. The first-order valence-corrected chi connectivity index (χ1v) is 24.1. The lowest BCUT2D eigenvalue weighted by molar-refractivity contribution is 0.486. The zero-order chi connectivity index (χ0) is 45.7. The van der Waals surface area contributed by atoms with Crippen LogP contribution >= 0.6 is 0 Å². The van der Waals surface area contributed by atoms with E-state index in [0.29, 0.717) is 0 Å². The summed E-state index contributed by atoms with van der Waals surface area (Å²) in [6.45, 7) is 6.83. The van der Waals surface area contributed by atoms with Crippen molar-refractivity contribution in [1.29, 1.82) is 0 Å². The first kappa shape index (κ1) is 38.6. The van der Waals surface area contributed by atoms with E-state index in [1.165, 1.54) is 104 Å². The first-order valence-electron chi connectivity index (χ1n) is 24.1. The normalized spacial score (nSPS) is 12.9. The van der Waals surface area contributed by atoms with Crippen molar-refractivity contribution < 1.29 is 4.74 Å². The van der Waals surface area contributed by atoms with Gasteiger partial charge in [0.2, 0.25) is 0 Å². The van der Waals surface area contributed by atoms with Crippen LogP contribution in [0.25, 0.3) is 105 Å². The van der Waals surface area contributed by atoms with Crippen LogP contribution in [0.5, 0.6) is 11.5 Å². The summed E-state index contributed by atoms with van der Waals surface area (Å²) < 4.78 is 14.8. The second-order valence-corrected chi connectivity index (χ2v) is 20.1. The molecule has 5 heteroatoms. The summed E-state index contributed by atoms with van der Waals surface area (Å²) in [6, 6.07) is 78.7. The molecule has 0 spiro atoms. The molecule has 0 N–H and O–H groups in total. The van der Waals surface area contributed by atoms with Gasteiger partial charge in [0, 0.05) is 54.9 Å². The largest absolute Gasteiger partial charge is 0.458 e. The monoisotopic (exact) mass is 881 g/mol. The second kappa shape index (κ2) is 14.0. The molecule has 2 aliphatic rings. The number of benzene rings is 10. The quantitative estimate of drug-likeness (QED) is 0.162. The third-order valence-corrected chi connectivity index (χ3v) is 15.2. The van der Waals surface area contributed by atoms with Gasteiger partial charge in [-0.1, -0.05) is 160 Å². The van der Waals surface area contributed by atoms with Gasteiger partial charge in [-0.25, -0.2) is 0 Å². The Balaban J connectivity index is 1.10. The third kappa shape index (κ3) is 5.41. The van der Waals surface area contributed by atoms with Gasteiger partial charge in [0.25, 0.3) is 6.71 Å². The molecular weight excluding hydrogens is 838 g/mol. The van der Waals surface area contributed by atoms with Gasteiger partial charge in [-0.15, -0.1) is 0 Å². The lowest BCUT2D eigenvalue weighted by Crippen LogP contribution is -2.58. The molecule has 324 valence electrons. The van der Waals surface area contributed by atoms with Crippen LogP contribution in [0.2, 0.25) is 0 Å². The van der Waals surface area contributed by atoms with Crippen molar-refractivity contribution in [2.75, 3.05) is 0 Å². The molecule has 0 radical (unpaired) electrons. The number of hydrogen-bond donors (Lipinski definition) is 0. The lowest BCUT2D eigenvalue weighted by Gasteiger charge is -2.35. The fraction of sp³-hybridized carbons (Fsp3) is 0.0625. The molecule has 4 nitrogen and oxygen atoms in total. The summed E-state index contributed by atoms with van der Waals surface area (Å²) in [5.74, 6) is 1.81. The lowest BCUT2D eigenvalue weighted by atomic mass is 9.34. The molecule has 5 heterocycles. The standard InChI is InChI=1S/C64H44BN3O/c1-64(2,3)41-29-32-60-52(35-41)65-53-38-43(67-56-27-15-11-23-48(56)49-24-12-16-28-57(49)67)37-51-50-36-42(66-54-25-13-9-21-46(54)47-22-10-14-26-55(47)66)30-31-58(50)68(63(51)53)59-33-40(34-61(69-60)62(59)65)45-20-8-7-19-44(45)39-17-5-4-6-18-39/h4-38H,1-3H3. The molecule has 0 unspecified atom stereocenters. The van der Waals surface area contributed by atoms with E-state index in [0.717, 1.165) is 34.1 Å². The molecule has 0 saturated heterocycles. The summed E-state index contributed by atoms with van der Waals surface area (Å²) in [7, 11) is 0. The number of para-hydroxylation sites is 4. The van der Waals surface area contributed by atoms with Gasteiger partial charge >= 0.3 is 0 Å². The molecular formula is C64H44BN3O. The highest BCUT2D eigenvalue weighted by molar-refractivity contribution is 6.99. The molecule has 0 atom stereocenters. The summed E-state index contributed by atoms with van der Waals surface area (Å²) in [5, 5.41) is 7.44. The number of ether oxygens (including phenoxy) is 1. The molecule has 0 fully saturated rings. The van der Waals surface area contributed by atoms with Crippen LogP contribution < -0.4 is 21.1 Å². The minimum Gasteiger partial charge on any atom is -0.458 e. The Morgan fingerprint density at radius 2 is 0.913 bits per heavy atom. The van der Waals surface area contributed by atoms with E-state index < -0.39 is 0 Å². The third-order valence-electron chi connectivity index (χ3n) is 15.2. The van der Waals surface area contributed by atoms with Gasteiger partial charge in [-0.05, 0) is 122 Å². The van der Waals surface area contributed by atoms with Crippen molar-refractivity contribution in [2.45, 2.75) is 26.2 Å². The van der Waals surface area contributed by atoms with Crippen LogP contribution in [0.3, 0.4) is 0 Å². The van der Waals surface area contributed by atoms with Crippen molar-refractivity contribution in [3.05, 3.63) is 218 Å². The van der Waals surface area contributed by atoms with Gasteiger partial charge in [0.05, 0.1) is 27.6 Å². The van der Waals surface area contributed by atoms with Crippen LogP contribution in [0, 0.1) is 0 Å². The van der Waals surface area contributed by atoms with Gasteiger partial charge < -0.3 is 18.4 Å². The Bertz CT molecular complexity index is 4230. The highest BCUT2D eigenvalue weighted by Gasteiger charge is 2.42. The summed E-state index contributed by atoms with van der Waals surface area (Å²) >= 11 is 0. The Morgan fingerprint density at radius 1 is 0.377 bits per heavy atom. The summed E-state index contributed by atoms with van der Waals surface area (Å²) in [4.78, 5) is 0. The van der Waals surface area contributed by atoms with Gasteiger partial charge in [0.15, 0.2) is 0 Å². The molecule has 10 aromatic carbocycles. The topological polar surface area (TPSA) is 24.0 Å². The predicted molar refractivity (Wildman–Crippen MR) is 290 cm³/mol. The molecule has 0 aliphatic carbocycles. The van der Waals surface area contributed by atoms with Crippen LogP contribution in [-0.2, 0) is 5.41 Å². The zero-order valence-corrected chi connectivity index (χ0v) is 38.5. The van der Waals surface area contributed by atoms with Crippen molar-refractivity contribution in [1.82, 2.24) is 13.7 Å². The zero-order valence-electron chi connectivity index (χ0n) is 38.5. The molecule has 0 bridgehead atoms. The van der Waals surface area contributed by atoms with Gasteiger partial charge in [-0.2, -0.15) is 0 Å². The van der Waals surface area contributed by atoms with Gasteiger partial charge in [-0.3, -0.25) is 0 Å². The van der Waals surface area contributed by atoms with E-state index in [-0.39, 0.29) is 12.1 Å². The molecule has 2 aliphatic heterocycles. The molecule has 3 aromatic heterocycles. The summed E-state index contributed by atoms with van der Waals surface area (Å²) in [6.07, 6.45) is 0. The van der Waals surface area contributed by atoms with E-state index in [1.807, 2.05) is 0 Å². The highest BCUT2D eigenvalue weighted by Crippen LogP contribution is 2.44. The van der Waals surface area contributed by atoms with Crippen molar-refractivity contribution in [2.24, 2.45) is 0 Å². The Morgan fingerprint density at radius 3 is 1.54 bits per heavy atom. The van der Waals surface area contributed by atoms with Crippen molar-refractivity contribution >= 4 is 88.5 Å². The smallest absolute Gasteiger partial charge is 0.256 e. The van der Waals surface area contributed by atoms with E-state index in [4.69, 9.17) is 4.74 Å². The Kier molecular flexibility index (Phi) is 7.83. The molecule has 13 aromatic rings. The van der Waals surface area contributed by atoms with Crippen LogP contribution in [-0.4, -0.2) is 20.4 Å². The average Bonchev–Trinajstić information content (AvgIpc) is 4.03. The average molecular weight is 882 g/mol. The number of rotatable bonds is 4. The number of aromatic nitrogens is 3. The minimum absolute atomic E-state index is 0.0595. The van der Waals surface area contributed by atoms with Crippen molar-refractivity contribution in [3.8, 4) is 50.8 Å². The molecule has 69 heavy (non-hydrogen) atoms. The van der Waals surface area contributed by atoms with Gasteiger partial charge in [0.1, 0.15) is 11.5 Å². The fourth-order valence-electron chi connectivity index (χ4n) is 12.2. The Hall–Kier alpha value is -8.54. The molecule has 0 saturated carbocycles. The maximum Gasteiger partial charge on any atom is 0.256 e. The van der Waals surface area contributed by atoms with Crippen molar-refractivity contribution in [3.63, 3.8) is 0 Å². The van der Waals surface area contributed by atoms with Crippen LogP contribution in [0.15, 0.2) is 212 Å². The maximum atomic E-state index is 7.24. The SMILES string of the molecule is CC(C)(C)c1ccc2c(c1)B1c3c(cc(-c4ccccc4-c4ccccc4)cc3-n3c4ccc(-n5c6ccccc6c6ccccc65)cc4c4cc(-n5c6ccccc6c6ccccc65)cc1c43)O2. The number of fused-ring (bicyclic) bond motifs is 13. The Labute approximate surface area is 400 Å². The number of nitrogens with zero attached hydrogens (tertiary/aromatic N) is 3. The van der Waals surface area contributed by atoms with Crippen LogP contribution in [0.1, 0.15) is 26.3 Å². The fourth-order valence-corrected chi connectivity index (χ4v) is 12.2. The molecule has 0 amide bonds. The van der Waals surface area contributed by atoms with E-state index >= 15 is 0 Å². The predicted octanol–water partition coefficient (Wildman–Crippen LogP) is 14.5. The number of hydrogen-bond acceptors (Lipinski definition) is 1. The van der Waals surface area contributed by atoms with E-state index in [1.54, 1.807) is 0 Å². The molecule has 15 rings (SSSR count). The van der Waals surface area contributed by atoms with E-state index in [9.17, 15) is 0 Å².